The Morgan fingerprint density at radius 2 is 1.86 bits per heavy atom. The molecule has 0 unspecified atom stereocenters. The van der Waals surface area contributed by atoms with Gasteiger partial charge in [0.25, 0.3) is 0 Å². The third kappa shape index (κ3) is 3.55. The molecular weight excluding hydrogens is 358 g/mol. The number of urea groups is 1. The van der Waals surface area contributed by atoms with Crippen LogP contribution in [0.5, 0.6) is 0 Å². The molecule has 5 rings (SSSR count). The molecule has 3 aliphatic heterocycles. The SMILES string of the molecule is C[C@@H](NC(=O)N1CCC[C@@H]2CN3CCc4ccccc4[C@@H]3C[C@@H]21)c1ccccc1. The molecule has 2 aromatic rings. The van der Waals surface area contributed by atoms with E-state index < -0.39 is 0 Å². The molecule has 152 valence electrons. The van der Waals surface area contributed by atoms with Crippen molar-refractivity contribution in [3.63, 3.8) is 0 Å². The molecule has 2 saturated heterocycles. The highest BCUT2D eigenvalue weighted by molar-refractivity contribution is 5.75. The van der Waals surface area contributed by atoms with Gasteiger partial charge in [0, 0.05) is 31.7 Å². The van der Waals surface area contributed by atoms with Gasteiger partial charge in [-0.15, -0.1) is 0 Å². The zero-order valence-corrected chi connectivity index (χ0v) is 17.3. The maximum absolute atomic E-state index is 13.2. The van der Waals surface area contributed by atoms with Crippen LogP contribution in [-0.2, 0) is 6.42 Å². The van der Waals surface area contributed by atoms with Crippen molar-refractivity contribution < 1.29 is 4.79 Å². The molecule has 1 N–H and O–H groups in total. The number of carbonyl (C=O) groups is 1. The number of amides is 2. The number of carbonyl (C=O) groups excluding carboxylic acids is 1. The van der Waals surface area contributed by atoms with Gasteiger partial charge in [0.05, 0.1) is 6.04 Å². The molecule has 0 aromatic heterocycles. The van der Waals surface area contributed by atoms with E-state index >= 15 is 0 Å². The first-order valence-electron chi connectivity index (χ1n) is 11.1. The Morgan fingerprint density at radius 1 is 1.07 bits per heavy atom. The summed E-state index contributed by atoms with van der Waals surface area (Å²) in [5.41, 5.74) is 4.14. The molecule has 0 spiro atoms. The highest BCUT2D eigenvalue weighted by atomic mass is 16.2. The van der Waals surface area contributed by atoms with Crippen molar-refractivity contribution in [3.8, 4) is 0 Å². The lowest BCUT2D eigenvalue weighted by Crippen LogP contribution is -2.59. The predicted molar refractivity (Wildman–Crippen MR) is 116 cm³/mol. The molecule has 2 fully saturated rings. The van der Waals surface area contributed by atoms with Crippen molar-refractivity contribution in [2.24, 2.45) is 5.92 Å². The fourth-order valence-corrected chi connectivity index (χ4v) is 5.74. The van der Waals surface area contributed by atoms with Gasteiger partial charge in [0.15, 0.2) is 0 Å². The molecule has 0 bridgehead atoms. The normalized spacial score (nSPS) is 27.3. The summed E-state index contributed by atoms with van der Waals surface area (Å²) < 4.78 is 0. The van der Waals surface area contributed by atoms with E-state index in [1.807, 2.05) is 18.2 Å². The second kappa shape index (κ2) is 7.83. The smallest absolute Gasteiger partial charge is 0.318 e. The molecule has 3 heterocycles. The first-order valence-corrected chi connectivity index (χ1v) is 11.1. The van der Waals surface area contributed by atoms with Crippen LogP contribution in [0.15, 0.2) is 54.6 Å². The van der Waals surface area contributed by atoms with Crippen LogP contribution in [0, 0.1) is 5.92 Å². The summed E-state index contributed by atoms with van der Waals surface area (Å²) in [5, 5.41) is 3.26. The molecule has 2 aromatic carbocycles. The number of piperidine rings is 2. The minimum absolute atomic E-state index is 0.0274. The Balaban J connectivity index is 1.34. The molecule has 2 amide bonds. The lowest BCUT2D eigenvalue weighted by atomic mass is 9.77. The van der Waals surface area contributed by atoms with Gasteiger partial charge in [-0.25, -0.2) is 4.79 Å². The third-order valence-electron chi connectivity index (χ3n) is 7.28. The van der Waals surface area contributed by atoms with E-state index in [1.165, 1.54) is 17.5 Å². The van der Waals surface area contributed by atoms with Gasteiger partial charge < -0.3 is 10.2 Å². The molecule has 3 aliphatic rings. The van der Waals surface area contributed by atoms with Gasteiger partial charge in [-0.2, -0.15) is 0 Å². The maximum Gasteiger partial charge on any atom is 0.318 e. The maximum atomic E-state index is 13.2. The summed E-state index contributed by atoms with van der Waals surface area (Å²) in [6.45, 7) is 5.24. The van der Waals surface area contributed by atoms with Crippen LogP contribution in [-0.4, -0.2) is 41.5 Å². The number of benzene rings is 2. The third-order valence-corrected chi connectivity index (χ3v) is 7.28. The van der Waals surface area contributed by atoms with Gasteiger partial charge in [-0.3, -0.25) is 4.90 Å². The Labute approximate surface area is 173 Å². The van der Waals surface area contributed by atoms with Crippen molar-refractivity contribution >= 4 is 6.03 Å². The van der Waals surface area contributed by atoms with Crippen molar-refractivity contribution in [3.05, 3.63) is 71.3 Å². The van der Waals surface area contributed by atoms with Crippen LogP contribution < -0.4 is 5.32 Å². The van der Waals surface area contributed by atoms with E-state index in [9.17, 15) is 4.79 Å². The first kappa shape index (κ1) is 18.7. The Hall–Kier alpha value is -2.33. The van der Waals surface area contributed by atoms with Crippen LogP contribution in [0.3, 0.4) is 0 Å². The van der Waals surface area contributed by atoms with E-state index in [1.54, 1.807) is 0 Å². The molecule has 29 heavy (non-hydrogen) atoms. The summed E-state index contributed by atoms with van der Waals surface area (Å²) >= 11 is 0. The fraction of sp³-hybridized carbons (Fsp3) is 0.480. The molecular formula is C25H31N3O. The largest absolute Gasteiger partial charge is 0.331 e. The average Bonchev–Trinajstić information content (AvgIpc) is 2.77. The van der Waals surface area contributed by atoms with E-state index in [2.05, 4.69) is 58.4 Å². The monoisotopic (exact) mass is 389 g/mol. The standard InChI is InChI=1S/C25H31N3O/c1-18(19-8-3-2-4-9-19)26-25(29)28-14-7-11-21-17-27-15-13-20-10-5-6-12-22(20)24(27)16-23(21)28/h2-6,8-10,12,18,21,23-24H,7,11,13-17H2,1H3,(H,26,29)/t18-,21-,23+,24+/m1/s1. The van der Waals surface area contributed by atoms with Gasteiger partial charge in [-0.05, 0) is 55.2 Å². The van der Waals surface area contributed by atoms with Crippen molar-refractivity contribution in [1.29, 1.82) is 0 Å². The minimum Gasteiger partial charge on any atom is -0.331 e. The highest BCUT2D eigenvalue weighted by Crippen LogP contribution is 2.42. The van der Waals surface area contributed by atoms with Gasteiger partial charge in [0.1, 0.15) is 0 Å². The van der Waals surface area contributed by atoms with Crippen molar-refractivity contribution in [2.75, 3.05) is 19.6 Å². The van der Waals surface area contributed by atoms with Gasteiger partial charge in [-0.1, -0.05) is 54.6 Å². The first-order chi connectivity index (χ1) is 14.2. The van der Waals surface area contributed by atoms with Crippen molar-refractivity contribution in [1.82, 2.24) is 15.1 Å². The highest BCUT2D eigenvalue weighted by Gasteiger charge is 2.43. The number of hydrogen-bond donors (Lipinski definition) is 1. The van der Waals surface area contributed by atoms with Crippen LogP contribution in [0.25, 0.3) is 0 Å². The lowest BCUT2D eigenvalue weighted by molar-refractivity contribution is 0.00533. The summed E-state index contributed by atoms with van der Waals surface area (Å²) in [6.07, 6.45) is 4.58. The number of fused-ring (bicyclic) bond motifs is 4. The van der Waals surface area contributed by atoms with Crippen molar-refractivity contribution in [2.45, 2.75) is 50.7 Å². The Kier molecular flexibility index (Phi) is 5.04. The zero-order valence-electron chi connectivity index (χ0n) is 17.3. The summed E-state index contributed by atoms with van der Waals surface area (Å²) in [4.78, 5) is 18.1. The van der Waals surface area contributed by atoms with Gasteiger partial charge in [0.2, 0.25) is 0 Å². The molecule has 4 atom stereocenters. The number of likely N-dealkylation sites (tertiary alicyclic amines) is 1. The van der Waals surface area contributed by atoms with Crippen LogP contribution >= 0.6 is 0 Å². The molecule has 0 radical (unpaired) electrons. The number of nitrogens with one attached hydrogen (secondary N) is 1. The predicted octanol–water partition coefficient (Wildman–Crippen LogP) is 4.54. The number of hydrogen-bond acceptors (Lipinski definition) is 2. The second-order valence-corrected chi connectivity index (χ2v) is 8.94. The van der Waals surface area contributed by atoms with E-state index in [0.29, 0.717) is 18.0 Å². The lowest BCUT2D eigenvalue weighted by Gasteiger charge is -2.52. The summed E-state index contributed by atoms with van der Waals surface area (Å²) in [7, 11) is 0. The number of rotatable bonds is 2. The van der Waals surface area contributed by atoms with Crippen LogP contribution in [0.4, 0.5) is 4.79 Å². The topological polar surface area (TPSA) is 35.6 Å². The van der Waals surface area contributed by atoms with Crippen LogP contribution in [0.2, 0.25) is 0 Å². The molecule has 0 aliphatic carbocycles. The molecule has 4 heteroatoms. The quantitative estimate of drug-likeness (QED) is 0.818. The van der Waals surface area contributed by atoms with Gasteiger partial charge >= 0.3 is 6.03 Å². The zero-order chi connectivity index (χ0) is 19.8. The fourth-order valence-electron chi connectivity index (χ4n) is 5.74. The minimum atomic E-state index is 0.0274. The van der Waals surface area contributed by atoms with E-state index in [-0.39, 0.29) is 12.1 Å². The Bertz CT molecular complexity index is 867. The van der Waals surface area contributed by atoms with E-state index in [4.69, 9.17) is 0 Å². The molecule has 4 nitrogen and oxygen atoms in total. The van der Waals surface area contributed by atoms with E-state index in [0.717, 1.165) is 44.5 Å². The Morgan fingerprint density at radius 3 is 2.72 bits per heavy atom. The molecule has 0 saturated carbocycles. The van der Waals surface area contributed by atoms with Crippen LogP contribution in [0.1, 0.15) is 55.0 Å². The summed E-state index contributed by atoms with van der Waals surface area (Å²) in [6, 6.07) is 20.1. The summed E-state index contributed by atoms with van der Waals surface area (Å²) in [5.74, 6) is 0.600. The second-order valence-electron chi connectivity index (χ2n) is 8.94. The average molecular weight is 390 g/mol. The number of nitrogens with zero attached hydrogens (tertiary/aromatic N) is 2.